The Kier molecular flexibility index (Phi) is 3.61. The number of carboxylic acids is 1. The molecule has 19 heavy (non-hydrogen) atoms. The van der Waals surface area contributed by atoms with Crippen molar-refractivity contribution < 1.29 is 9.90 Å². The summed E-state index contributed by atoms with van der Waals surface area (Å²) in [6.45, 7) is 0.133. The Morgan fingerprint density at radius 1 is 1.42 bits per heavy atom. The second-order valence-corrected chi connectivity index (χ2v) is 4.56. The Bertz CT molecular complexity index is 733. The Hall–Kier alpha value is -2.22. The molecule has 8 heteroatoms. The molecule has 0 radical (unpaired) electrons. The molecule has 0 fully saturated rings. The van der Waals surface area contributed by atoms with Crippen molar-refractivity contribution in [2.45, 2.75) is 6.54 Å². The summed E-state index contributed by atoms with van der Waals surface area (Å²) in [6.07, 6.45) is 2.57. The van der Waals surface area contributed by atoms with Gasteiger partial charge in [0.1, 0.15) is 0 Å². The minimum Gasteiger partial charge on any atom is -0.478 e. The summed E-state index contributed by atoms with van der Waals surface area (Å²) < 4.78 is 1.49. The molecule has 0 aliphatic rings. The Labute approximate surface area is 114 Å². The first-order valence-electron chi connectivity index (χ1n) is 5.15. The first-order chi connectivity index (χ1) is 8.97. The maximum Gasteiger partial charge on any atom is 0.337 e. The molecule has 0 saturated heterocycles. The Morgan fingerprint density at radius 3 is 2.74 bits per heavy atom. The molecule has 2 aromatic heterocycles. The lowest BCUT2D eigenvalue weighted by Gasteiger charge is -2.05. The van der Waals surface area contributed by atoms with Crippen LogP contribution in [0.2, 0.25) is 0 Å². The largest absolute Gasteiger partial charge is 0.478 e. The highest BCUT2D eigenvalue weighted by Crippen LogP contribution is 2.03. The van der Waals surface area contributed by atoms with Gasteiger partial charge in [0, 0.05) is 12.4 Å². The van der Waals surface area contributed by atoms with E-state index >= 15 is 0 Å². The number of nitrogens with zero attached hydrogens (tertiary/aromatic N) is 2. The number of hydrogen-bond acceptors (Lipinski definition) is 4. The number of aromatic amines is 1. The van der Waals surface area contributed by atoms with Crippen LogP contribution < -0.4 is 11.2 Å². The van der Waals surface area contributed by atoms with Crippen LogP contribution in [0, 0.1) is 0 Å². The third-order valence-corrected chi connectivity index (χ3v) is 2.94. The molecule has 0 aromatic carbocycles. The van der Waals surface area contributed by atoms with Gasteiger partial charge in [0.2, 0.25) is 0 Å². The second kappa shape index (κ2) is 5.19. The summed E-state index contributed by atoms with van der Waals surface area (Å²) in [6, 6.07) is 2.91. The van der Waals surface area contributed by atoms with Gasteiger partial charge >= 0.3 is 11.7 Å². The number of carboxylic acid groups (broad SMARTS) is 1. The molecule has 0 amide bonds. The zero-order valence-corrected chi connectivity index (χ0v) is 11.0. The fourth-order valence-corrected chi connectivity index (χ4v) is 1.77. The highest BCUT2D eigenvalue weighted by atomic mass is 79.9. The monoisotopic (exact) mass is 325 g/mol. The predicted molar refractivity (Wildman–Crippen MR) is 69.3 cm³/mol. The Balaban J connectivity index is 2.31. The standard InChI is InChI=1S/C11H8BrN3O4/c12-8-5-15(11(19)14-9(8)16)4-7-2-1-6(3-13-7)10(17)18/h1-3,5H,4H2,(H,17,18)(H,14,16,19). The topological polar surface area (TPSA) is 105 Å². The van der Waals surface area contributed by atoms with Crippen LogP contribution in [0.4, 0.5) is 0 Å². The Morgan fingerprint density at radius 2 is 2.16 bits per heavy atom. The first kappa shape index (κ1) is 13.2. The molecule has 0 atom stereocenters. The summed E-state index contributed by atoms with van der Waals surface area (Å²) in [4.78, 5) is 39.5. The maximum atomic E-state index is 11.5. The van der Waals surface area contributed by atoms with E-state index in [4.69, 9.17) is 5.11 Å². The molecule has 0 aliphatic heterocycles. The molecule has 98 valence electrons. The highest BCUT2D eigenvalue weighted by Gasteiger charge is 2.06. The number of rotatable bonds is 3. The van der Waals surface area contributed by atoms with Gasteiger partial charge in [-0.2, -0.15) is 0 Å². The van der Waals surface area contributed by atoms with Crippen molar-refractivity contribution in [3.05, 3.63) is 61.1 Å². The lowest BCUT2D eigenvalue weighted by atomic mass is 10.2. The lowest BCUT2D eigenvalue weighted by Crippen LogP contribution is -2.30. The van der Waals surface area contributed by atoms with E-state index < -0.39 is 17.2 Å². The van der Waals surface area contributed by atoms with E-state index in [0.717, 1.165) is 0 Å². The minimum atomic E-state index is -1.07. The molecule has 7 nitrogen and oxygen atoms in total. The molecule has 2 N–H and O–H groups in total. The number of nitrogens with one attached hydrogen (secondary N) is 1. The van der Waals surface area contributed by atoms with Gasteiger partial charge in [-0.05, 0) is 28.1 Å². The van der Waals surface area contributed by atoms with Crippen molar-refractivity contribution in [1.29, 1.82) is 0 Å². The van der Waals surface area contributed by atoms with Crippen molar-refractivity contribution in [2.24, 2.45) is 0 Å². The fraction of sp³-hybridized carbons (Fsp3) is 0.0909. The number of halogens is 1. The van der Waals surface area contributed by atoms with Crippen molar-refractivity contribution >= 4 is 21.9 Å². The van der Waals surface area contributed by atoms with E-state index in [2.05, 4.69) is 25.9 Å². The van der Waals surface area contributed by atoms with E-state index in [1.807, 2.05) is 0 Å². The smallest absolute Gasteiger partial charge is 0.337 e. The number of aromatic nitrogens is 3. The summed E-state index contributed by atoms with van der Waals surface area (Å²) in [5.74, 6) is -1.07. The lowest BCUT2D eigenvalue weighted by molar-refractivity contribution is 0.0696. The van der Waals surface area contributed by atoms with Gasteiger partial charge in [0.15, 0.2) is 0 Å². The van der Waals surface area contributed by atoms with E-state index in [0.29, 0.717) is 5.69 Å². The molecular weight excluding hydrogens is 318 g/mol. The van der Waals surface area contributed by atoms with Crippen molar-refractivity contribution in [2.75, 3.05) is 0 Å². The van der Waals surface area contributed by atoms with Gasteiger partial charge in [0.25, 0.3) is 5.56 Å². The number of H-pyrrole nitrogens is 1. The zero-order chi connectivity index (χ0) is 14.0. The normalized spacial score (nSPS) is 10.4. The first-order valence-corrected chi connectivity index (χ1v) is 5.94. The van der Waals surface area contributed by atoms with Gasteiger partial charge < -0.3 is 5.11 Å². The molecule has 2 aromatic rings. The average Bonchev–Trinajstić information content (AvgIpc) is 2.36. The van der Waals surface area contributed by atoms with Crippen LogP contribution in [-0.2, 0) is 6.54 Å². The van der Waals surface area contributed by atoms with Gasteiger partial charge in [-0.3, -0.25) is 19.3 Å². The summed E-state index contributed by atoms with van der Waals surface area (Å²) in [5.41, 5.74) is -0.488. The van der Waals surface area contributed by atoms with Crippen LogP contribution in [-0.4, -0.2) is 25.6 Å². The highest BCUT2D eigenvalue weighted by molar-refractivity contribution is 9.10. The molecule has 0 aliphatic carbocycles. The zero-order valence-electron chi connectivity index (χ0n) is 9.46. The van der Waals surface area contributed by atoms with Crippen LogP contribution >= 0.6 is 15.9 Å². The molecule has 2 rings (SSSR count). The minimum absolute atomic E-state index is 0.0683. The number of carbonyl (C=O) groups is 1. The third-order valence-electron chi connectivity index (χ3n) is 2.37. The predicted octanol–water partition coefficient (Wildman–Crippen LogP) is 0.441. The SMILES string of the molecule is O=C(O)c1ccc(Cn2cc(Br)c(=O)[nH]c2=O)nc1. The average molecular weight is 326 g/mol. The molecule has 2 heterocycles. The summed E-state index contributed by atoms with van der Waals surface area (Å²) in [7, 11) is 0. The van der Waals surface area contributed by atoms with E-state index in [-0.39, 0.29) is 16.6 Å². The van der Waals surface area contributed by atoms with Crippen molar-refractivity contribution in [1.82, 2.24) is 14.5 Å². The van der Waals surface area contributed by atoms with Crippen LogP contribution in [0.25, 0.3) is 0 Å². The summed E-state index contributed by atoms with van der Waals surface area (Å²) >= 11 is 3.02. The molecule has 0 saturated carbocycles. The number of pyridine rings is 1. The molecule has 0 bridgehead atoms. The van der Waals surface area contributed by atoms with Crippen molar-refractivity contribution in [3.8, 4) is 0 Å². The van der Waals surface area contributed by atoms with Crippen LogP contribution in [0.5, 0.6) is 0 Å². The molecular formula is C11H8BrN3O4. The van der Waals surface area contributed by atoms with Gasteiger partial charge in [-0.1, -0.05) is 0 Å². The fourth-order valence-electron chi connectivity index (χ4n) is 1.42. The van der Waals surface area contributed by atoms with E-state index in [1.54, 1.807) is 0 Å². The van der Waals surface area contributed by atoms with Crippen molar-refractivity contribution in [3.63, 3.8) is 0 Å². The molecule has 0 spiro atoms. The summed E-state index contributed by atoms with van der Waals surface area (Å²) in [5, 5.41) is 8.74. The number of hydrogen-bond donors (Lipinski definition) is 2. The third kappa shape index (κ3) is 2.97. The van der Waals surface area contributed by atoms with E-state index in [9.17, 15) is 14.4 Å². The maximum absolute atomic E-state index is 11.5. The van der Waals surface area contributed by atoms with Crippen LogP contribution in [0.3, 0.4) is 0 Å². The van der Waals surface area contributed by atoms with Crippen LogP contribution in [0.1, 0.15) is 16.1 Å². The van der Waals surface area contributed by atoms with Gasteiger partial charge in [-0.25, -0.2) is 9.59 Å². The molecule has 0 unspecified atom stereocenters. The van der Waals surface area contributed by atoms with Gasteiger partial charge in [0.05, 0.1) is 22.3 Å². The van der Waals surface area contributed by atoms with Crippen LogP contribution in [0.15, 0.2) is 38.6 Å². The van der Waals surface area contributed by atoms with Gasteiger partial charge in [-0.15, -0.1) is 0 Å². The second-order valence-electron chi connectivity index (χ2n) is 3.71. The number of aromatic carboxylic acids is 1. The quantitative estimate of drug-likeness (QED) is 0.851. The van der Waals surface area contributed by atoms with E-state index in [1.165, 1.54) is 29.1 Å².